The molecule has 0 aliphatic carbocycles. The second-order valence-corrected chi connectivity index (χ2v) is 6.06. The van der Waals surface area contributed by atoms with Crippen LogP contribution >= 0.6 is 0 Å². The predicted octanol–water partition coefficient (Wildman–Crippen LogP) is 2.23. The lowest BCUT2D eigenvalue weighted by Gasteiger charge is -2.14. The van der Waals surface area contributed by atoms with E-state index >= 15 is 0 Å². The number of carbonyl (C=O) groups is 2. The molecule has 1 atom stereocenters. The molecule has 0 aromatic heterocycles. The number of benzene rings is 2. The summed E-state index contributed by atoms with van der Waals surface area (Å²) in [5, 5.41) is 5.64. The number of amides is 2. The molecule has 0 heterocycles. The number of nitrogens with one attached hydrogen (secondary N) is 2. The summed E-state index contributed by atoms with van der Waals surface area (Å²) in [5.41, 5.74) is 8.59. The molecular formula is C20H25N3O3. The molecule has 0 aliphatic heterocycles. The minimum atomic E-state index is -0.350. The highest BCUT2D eigenvalue weighted by molar-refractivity contribution is 6.03. The van der Waals surface area contributed by atoms with E-state index in [9.17, 15) is 9.59 Å². The molecular weight excluding hydrogens is 330 g/mol. The first-order valence-electron chi connectivity index (χ1n) is 8.49. The summed E-state index contributed by atoms with van der Waals surface area (Å²) >= 11 is 0. The molecule has 6 nitrogen and oxygen atoms in total. The van der Waals surface area contributed by atoms with Crippen molar-refractivity contribution in [3.63, 3.8) is 0 Å². The molecule has 1 unspecified atom stereocenters. The number of para-hydroxylation sites is 1. The third-order valence-corrected chi connectivity index (χ3v) is 4.03. The van der Waals surface area contributed by atoms with Gasteiger partial charge in [0.1, 0.15) is 0 Å². The summed E-state index contributed by atoms with van der Waals surface area (Å²) in [4.78, 5) is 24.7. The van der Waals surface area contributed by atoms with E-state index in [4.69, 9.17) is 10.5 Å². The van der Waals surface area contributed by atoms with Gasteiger partial charge >= 0.3 is 0 Å². The van der Waals surface area contributed by atoms with E-state index < -0.39 is 0 Å². The van der Waals surface area contributed by atoms with Crippen molar-refractivity contribution < 1.29 is 14.3 Å². The van der Waals surface area contributed by atoms with Crippen molar-refractivity contribution in [2.24, 2.45) is 5.73 Å². The molecule has 2 aromatic rings. The number of methoxy groups -OCH3 is 1. The van der Waals surface area contributed by atoms with Crippen molar-refractivity contribution in [1.82, 2.24) is 5.32 Å². The fourth-order valence-electron chi connectivity index (χ4n) is 2.44. The summed E-state index contributed by atoms with van der Waals surface area (Å²) in [6.07, 6.45) is -0.218. The SMILES string of the molecule is COC(CN)CC(=O)Nc1ccccc1C(=O)NCc1ccc(C)cc1. The van der Waals surface area contributed by atoms with Gasteiger partial charge in [0, 0.05) is 20.2 Å². The second kappa shape index (κ2) is 9.70. The highest BCUT2D eigenvalue weighted by Crippen LogP contribution is 2.16. The first kappa shape index (κ1) is 19.6. The molecule has 26 heavy (non-hydrogen) atoms. The second-order valence-electron chi connectivity index (χ2n) is 6.06. The minimum Gasteiger partial charge on any atom is -0.380 e. The quantitative estimate of drug-likeness (QED) is 0.677. The highest BCUT2D eigenvalue weighted by atomic mass is 16.5. The van der Waals surface area contributed by atoms with Gasteiger partial charge in [0.15, 0.2) is 0 Å². The van der Waals surface area contributed by atoms with Crippen molar-refractivity contribution in [2.45, 2.75) is 26.0 Å². The summed E-state index contributed by atoms with van der Waals surface area (Å²) < 4.78 is 5.12. The topological polar surface area (TPSA) is 93.4 Å². The minimum absolute atomic E-state index is 0.131. The van der Waals surface area contributed by atoms with E-state index in [2.05, 4.69) is 10.6 Å². The summed E-state index contributed by atoms with van der Waals surface area (Å²) in [5.74, 6) is -0.496. The zero-order chi connectivity index (χ0) is 18.9. The molecule has 0 radical (unpaired) electrons. The molecule has 2 rings (SSSR count). The van der Waals surface area contributed by atoms with Crippen molar-refractivity contribution >= 4 is 17.5 Å². The summed E-state index contributed by atoms with van der Waals surface area (Å²) in [6, 6.07) is 14.8. The van der Waals surface area contributed by atoms with Gasteiger partial charge in [0.05, 0.1) is 23.8 Å². The van der Waals surface area contributed by atoms with Gasteiger partial charge in [-0.2, -0.15) is 0 Å². The van der Waals surface area contributed by atoms with Crippen molar-refractivity contribution in [1.29, 1.82) is 0 Å². The largest absolute Gasteiger partial charge is 0.380 e. The van der Waals surface area contributed by atoms with Crippen molar-refractivity contribution in [3.8, 4) is 0 Å². The van der Waals surface area contributed by atoms with Crippen LogP contribution in [-0.4, -0.2) is 31.6 Å². The van der Waals surface area contributed by atoms with Crippen LogP contribution in [0.15, 0.2) is 48.5 Å². The molecule has 0 fully saturated rings. The van der Waals surface area contributed by atoms with Gasteiger partial charge in [0.25, 0.3) is 5.91 Å². The lowest BCUT2D eigenvalue weighted by Crippen LogP contribution is -2.29. The number of aryl methyl sites for hydroxylation is 1. The summed E-state index contributed by atoms with van der Waals surface area (Å²) in [7, 11) is 1.51. The van der Waals surface area contributed by atoms with E-state index in [-0.39, 0.29) is 30.9 Å². The van der Waals surface area contributed by atoms with Crippen LogP contribution in [0.3, 0.4) is 0 Å². The van der Waals surface area contributed by atoms with E-state index in [1.54, 1.807) is 24.3 Å². The zero-order valence-electron chi connectivity index (χ0n) is 15.1. The average molecular weight is 355 g/mol. The Morgan fingerprint density at radius 3 is 2.46 bits per heavy atom. The monoisotopic (exact) mass is 355 g/mol. The van der Waals surface area contributed by atoms with Gasteiger partial charge in [-0.25, -0.2) is 0 Å². The average Bonchev–Trinajstić information content (AvgIpc) is 2.65. The number of ether oxygens (including phenoxy) is 1. The van der Waals surface area contributed by atoms with Gasteiger partial charge in [0.2, 0.25) is 5.91 Å². The van der Waals surface area contributed by atoms with Gasteiger partial charge in [-0.3, -0.25) is 9.59 Å². The molecule has 0 saturated heterocycles. The van der Waals surface area contributed by atoms with Crippen molar-refractivity contribution in [2.75, 3.05) is 19.0 Å². The van der Waals surface area contributed by atoms with Crippen LogP contribution in [0.2, 0.25) is 0 Å². The number of nitrogens with two attached hydrogens (primary N) is 1. The van der Waals surface area contributed by atoms with E-state index in [1.807, 2.05) is 31.2 Å². The maximum absolute atomic E-state index is 12.5. The Kier molecular flexibility index (Phi) is 7.32. The molecule has 0 spiro atoms. The molecule has 0 aliphatic rings. The molecule has 4 N–H and O–H groups in total. The Bertz CT molecular complexity index is 740. The van der Waals surface area contributed by atoms with Crippen LogP contribution in [0.1, 0.15) is 27.9 Å². The smallest absolute Gasteiger partial charge is 0.253 e. The number of carbonyl (C=O) groups excluding carboxylic acids is 2. The Balaban J connectivity index is 2.01. The summed E-state index contributed by atoms with van der Waals surface area (Å²) in [6.45, 7) is 2.68. The normalized spacial score (nSPS) is 11.7. The molecule has 2 amide bonds. The van der Waals surface area contributed by atoms with Crippen LogP contribution < -0.4 is 16.4 Å². The Labute approximate surface area is 153 Å². The van der Waals surface area contributed by atoms with Crippen LogP contribution in [0, 0.1) is 6.92 Å². The Morgan fingerprint density at radius 1 is 1.12 bits per heavy atom. The van der Waals surface area contributed by atoms with Gasteiger partial charge in [-0.15, -0.1) is 0 Å². The fraction of sp³-hybridized carbons (Fsp3) is 0.300. The maximum Gasteiger partial charge on any atom is 0.253 e. The van der Waals surface area contributed by atoms with Gasteiger partial charge in [-0.05, 0) is 24.6 Å². The van der Waals surface area contributed by atoms with Crippen LogP contribution in [0.5, 0.6) is 0 Å². The number of hydrogen-bond acceptors (Lipinski definition) is 4. The van der Waals surface area contributed by atoms with Crippen molar-refractivity contribution in [3.05, 3.63) is 65.2 Å². The van der Waals surface area contributed by atoms with E-state index in [1.165, 1.54) is 12.7 Å². The first-order chi connectivity index (χ1) is 12.5. The molecule has 0 saturated carbocycles. The lowest BCUT2D eigenvalue weighted by molar-refractivity contribution is -0.118. The van der Waals surface area contributed by atoms with Crippen LogP contribution in [0.25, 0.3) is 0 Å². The molecule has 2 aromatic carbocycles. The molecule has 138 valence electrons. The van der Waals surface area contributed by atoms with E-state index in [0.29, 0.717) is 17.8 Å². The van der Waals surface area contributed by atoms with Crippen LogP contribution in [0.4, 0.5) is 5.69 Å². The number of rotatable bonds is 8. The zero-order valence-corrected chi connectivity index (χ0v) is 15.1. The lowest BCUT2D eigenvalue weighted by atomic mass is 10.1. The Hall–Kier alpha value is -2.70. The van der Waals surface area contributed by atoms with Crippen LogP contribution in [-0.2, 0) is 16.1 Å². The third-order valence-electron chi connectivity index (χ3n) is 4.03. The standard InChI is InChI=1S/C20H25N3O3/c1-14-7-9-15(10-8-14)13-22-20(25)17-5-3-4-6-18(17)23-19(24)11-16(12-21)26-2/h3-10,16H,11-13,21H2,1-2H3,(H,22,25)(H,23,24). The highest BCUT2D eigenvalue weighted by Gasteiger charge is 2.15. The molecule has 6 heteroatoms. The number of anilines is 1. The molecule has 0 bridgehead atoms. The fourth-order valence-corrected chi connectivity index (χ4v) is 2.44. The first-order valence-corrected chi connectivity index (χ1v) is 8.49. The van der Waals surface area contributed by atoms with Gasteiger partial charge in [-0.1, -0.05) is 42.0 Å². The van der Waals surface area contributed by atoms with E-state index in [0.717, 1.165) is 5.56 Å². The van der Waals surface area contributed by atoms with Gasteiger partial charge < -0.3 is 21.1 Å². The third kappa shape index (κ3) is 5.68. The maximum atomic E-state index is 12.5. The predicted molar refractivity (Wildman–Crippen MR) is 102 cm³/mol. The number of hydrogen-bond donors (Lipinski definition) is 3. The Morgan fingerprint density at radius 2 is 1.81 bits per heavy atom.